The molecule has 27 heavy (non-hydrogen) atoms. The summed E-state index contributed by atoms with van der Waals surface area (Å²) < 4.78 is 5.94. The molecule has 0 atom stereocenters. The normalized spacial score (nSPS) is 14.7. The number of carboxylic acids is 2. The number of nitrogens with zero attached hydrogens (tertiary/aromatic N) is 2. The van der Waals surface area contributed by atoms with E-state index in [2.05, 4.69) is 23.3 Å². The number of rotatable bonds is 7. The first-order chi connectivity index (χ1) is 12.9. The van der Waals surface area contributed by atoms with Gasteiger partial charge in [-0.1, -0.05) is 36.7 Å². The Bertz CT molecular complexity index is 619. The summed E-state index contributed by atoms with van der Waals surface area (Å²) in [4.78, 5) is 23.1. The van der Waals surface area contributed by atoms with E-state index in [1.807, 2.05) is 24.3 Å². The van der Waals surface area contributed by atoms with Crippen molar-refractivity contribution < 1.29 is 24.5 Å². The van der Waals surface area contributed by atoms with E-state index in [9.17, 15) is 0 Å². The van der Waals surface area contributed by atoms with Gasteiger partial charge in [0.1, 0.15) is 12.4 Å². The summed E-state index contributed by atoms with van der Waals surface area (Å²) in [6.45, 7) is 13.3. The number of likely N-dealkylation sites (N-methyl/N-ethyl adjacent to an activating group) is 1. The zero-order valence-corrected chi connectivity index (χ0v) is 16.3. The first-order valence-electron chi connectivity index (χ1n) is 8.81. The zero-order valence-electron chi connectivity index (χ0n) is 15.6. The summed E-state index contributed by atoms with van der Waals surface area (Å²) in [7, 11) is 0. The van der Waals surface area contributed by atoms with Crippen molar-refractivity contribution in [3.05, 3.63) is 41.4 Å². The quantitative estimate of drug-likeness (QED) is 0.537. The molecule has 1 aromatic carbocycles. The lowest BCUT2D eigenvalue weighted by Crippen LogP contribution is -2.47. The lowest BCUT2D eigenvalue weighted by Gasteiger charge is -2.33. The molecule has 0 radical (unpaired) electrons. The maximum Gasteiger partial charge on any atom is 0.414 e. The van der Waals surface area contributed by atoms with Gasteiger partial charge in [0, 0.05) is 32.7 Å². The van der Waals surface area contributed by atoms with Crippen molar-refractivity contribution >= 4 is 23.5 Å². The number of benzene rings is 1. The highest BCUT2D eigenvalue weighted by Gasteiger charge is 2.15. The summed E-state index contributed by atoms with van der Waals surface area (Å²) in [5, 5.41) is 15.5. The lowest BCUT2D eigenvalue weighted by atomic mass is 10.1. The molecule has 0 spiro atoms. The van der Waals surface area contributed by atoms with Gasteiger partial charge in [-0.2, -0.15) is 0 Å². The van der Waals surface area contributed by atoms with Gasteiger partial charge >= 0.3 is 11.9 Å². The number of carboxylic acid groups (broad SMARTS) is 2. The summed E-state index contributed by atoms with van der Waals surface area (Å²) in [5.74, 6) is -2.84. The Hall–Kier alpha value is -2.09. The molecule has 1 aromatic rings. The van der Waals surface area contributed by atoms with E-state index in [-0.39, 0.29) is 0 Å². The molecular weight excluding hydrogens is 372 g/mol. The van der Waals surface area contributed by atoms with Crippen LogP contribution in [0.4, 0.5) is 0 Å². The van der Waals surface area contributed by atoms with Gasteiger partial charge in [0.2, 0.25) is 0 Å². The minimum absolute atomic E-state index is 0.681. The molecule has 2 rings (SSSR count). The van der Waals surface area contributed by atoms with Crippen molar-refractivity contribution in [1.82, 2.24) is 9.80 Å². The second-order valence-electron chi connectivity index (χ2n) is 5.96. The molecule has 0 bridgehead atoms. The SMILES string of the molecule is C=CCc1cccc(Cl)c1OCCN1CCN(CC)CC1.O=C(O)C(=O)O. The second-order valence-corrected chi connectivity index (χ2v) is 6.36. The summed E-state index contributed by atoms with van der Waals surface area (Å²) >= 11 is 6.24. The second kappa shape index (κ2) is 12.3. The number of allylic oxidation sites excluding steroid dienone is 1. The van der Waals surface area contributed by atoms with E-state index < -0.39 is 11.9 Å². The van der Waals surface area contributed by atoms with Crippen LogP contribution in [0.2, 0.25) is 5.02 Å². The van der Waals surface area contributed by atoms with Gasteiger partial charge in [-0.3, -0.25) is 4.90 Å². The van der Waals surface area contributed by atoms with Gasteiger partial charge in [-0.25, -0.2) is 9.59 Å². The van der Waals surface area contributed by atoms with Gasteiger partial charge in [-0.15, -0.1) is 6.58 Å². The van der Waals surface area contributed by atoms with Crippen LogP contribution >= 0.6 is 11.6 Å². The highest BCUT2D eigenvalue weighted by atomic mass is 35.5. The van der Waals surface area contributed by atoms with Crippen LogP contribution in [-0.4, -0.2) is 77.8 Å². The molecule has 1 fully saturated rings. The predicted molar refractivity (Wildman–Crippen MR) is 105 cm³/mol. The monoisotopic (exact) mass is 398 g/mol. The third-order valence-corrected chi connectivity index (χ3v) is 4.46. The Kier molecular flexibility index (Phi) is 10.5. The fraction of sp³-hybridized carbons (Fsp3) is 0.474. The average molecular weight is 399 g/mol. The van der Waals surface area contributed by atoms with E-state index in [4.69, 9.17) is 36.1 Å². The maximum atomic E-state index is 9.10. The fourth-order valence-corrected chi connectivity index (χ4v) is 2.89. The van der Waals surface area contributed by atoms with Crippen LogP contribution in [0.15, 0.2) is 30.9 Å². The first-order valence-corrected chi connectivity index (χ1v) is 9.18. The highest BCUT2D eigenvalue weighted by Crippen LogP contribution is 2.29. The Balaban J connectivity index is 0.000000527. The van der Waals surface area contributed by atoms with Crippen LogP contribution < -0.4 is 4.74 Å². The number of halogens is 1. The molecule has 150 valence electrons. The molecular formula is C19H27ClN2O5. The van der Waals surface area contributed by atoms with E-state index in [1.54, 1.807) is 0 Å². The summed E-state index contributed by atoms with van der Waals surface area (Å²) in [6.07, 6.45) is 2.66. The third kappa shape index (κ3) is 8.43. The Morgan fingerprint density at radius 3 is 2.30 bits per heavy atom. The van der Waals surface area contributed by atoms with Crippen molar-refractivity contribution in [1.29, 1.82) is 0 Å². The molecule has 1 saturated heterocycles. The molecule has 0 aliphatic carbocycles. The topological polar surface area (TPSA) is 90.3 Å². The minimum atomic E-state index is -1.82. The molecule has 1 aliphatic rings. The van der Waals surface area contributed by atoms with Crippen molar-refractivity contribution in [2.45, 2.75) is 13.3 Å². The standard InChI is InChI=1S/C17H25ClN2O.C2H2O4/c1-3-6-15-7-5-8-16(18)17(15)21-14-13-20-11-9-19(4-2)10-12-20;3-1(4)2(5)6/h3,5,7-8H,1,4,6,9-14H2,2H3;(H,3,4)(H,5,6). The molecule has 0 aromatic heterocycles. The van der Waals surface area contributed by atoms with Crippen LogP contribution in [0.1, 0.15) is 12.5 Å². The van der Waals surface area contributed by atoms with Gasteiger partial charge < -0.3 is 19.8 Å². The molecule has 1 heterocycles. The number of hydrogen-bond acceptors (Lipinski definition) is 5. The molecule has 2 N–H and O–H groups in total. The molecule has 8 heteroatoms. The van der Waals surface area contributed by atoms with E-state index in [0.29, 0.717) is 11.6 Å². The van der Waals surface area contributed by atoms with E-state index in [1.165, 1.54) is 0 Å². The average Bonchev–Trinajstić information content (AvgIpc) is 2.65. The van der Waals surface area contributed by atoms with Gasteiger partial charge in [0.05, 0.1) is 5.02 Å². The largest absolute Gasteiger partial charge is 0.490 e. The third-order valence-electron chi connectivity index (χ3n) is 4.16. The molecule has 0 unspecified atom stereocenters. The Morgan fingerprint density at radius 2 is 1.78 bits per heavy atom. The van der Waals surface area contributed by atoms with Crippen LogP contribution in [0.3, 0.4) is 0 Å². The predicted octanol–water partition coefficient (Wildman–Crippen LogP) is 2.24. The lowest BCUT2D eigenvalue weighted by molar-refractivity contribution is -0.159. The van der Waals surface area contributed by atoms with Crippen molar-refractivity contribution in [2.75, 3.05) is 45.9 Å². The van der Waals surface area contributed by atoms with Crippen molar-refractivity contribution in [3.8, 4) is 5.75 Å². The zero-order chi connectivity index (χ0) is 20.2. The molecule has 0 amide bonds. The van der Waals surface area contributed by atoms with Gasteiger partial charge in [0.25, 0.3) is 0 Å². The molecule has 1 aliphatic heterocycles. The Morgan fingerprint density at radius 1 is 1.19 bits per heavy atom. The van der Waals surface area contributed by atoms with Crippen LogP contribution in [-0.2, 0) is 16.0 Å². The van der Waals surface area contributed by atoms with E-state index in [0.717, 1.165) is 57.0 Å². The Labute approximate surface area is 164 Å². The molecule has 7 nitrogen and oxygen atoms in total. The smallest absolute Gasteiger partial charge is 0.414 e. The van der Waals surface area contributed by atoms with E-state index >= 15 is 0 Å². The first kappa shape index (κ1) is 23.0. The molecule has 0 saturated carbocycles. The fourth-order valence-electron chi connectivity index (χ4n) is 2.64. The highest BCUT2D eigenvalue weighted by molar-refractivity contribution is 6.32. The van der Waals surface area contributed by atoms with Crippen LogP contribution in [0.5, 0.6) is 5.75 Å². The summed E-state index contributed by atoms with van der Waals surface area (Å²) in [6, 6.07) is 5.88. The van der Waals surface area contributed by atoms with Gasteiger partial charge in [-0.05, 0) is 24.6 Å². The van der Waals surface area contributed by atoms with Crippen molar-refractivity contribution in [3.63, 3.8) is 0 Å². The summed E-state index contributed by atoms with van der Waals surface area (Å²) in [5.41, 5.74) is 1.10. The number of piperazine rings is 1. The van der Waals surface area contributed by atoms with Crippen LogP contribution in [0, 0.1) is 0 Å². The maximum absolute atomic E-state index is 9.10. The number of hydrogen-bond donors (Lipinski definition) is 2. The van der Waals surface area contributed by atoms with Gasteiger partial charge in [0.15, 0.2) is 0 Å². The van der Waals surface area contributed by atoms with Crippen LogP contribution in [0.25, 0.3) is 0 Å². The number of carbonyl (C=O) groups is 2. The number of para-hydroxylation sites is 1. The van der Waals surface area contributed by atoms with Crippen molar-refractivity contribution in [2.24, 2.45) is 0 Å². The minimum Gasteiger partial charge on any atom is -0.490 e. The number of ether oxygens (including phenoxy) is 1. The number of aliphatic carboxylic acids is 2.